The number of hydrogen-bond acceptors (Lipinski definition) is 5. The van der Waals surface area contributed by atoms with E-state index in [0.717, 1.165) is 10.6 Å². The van der Waals surface area contributed by atoms with Gasteiger partial charge in [-0.1, -0.05) is 12.1 Å². The van der Waals surface area contributed by atoms with Gasteiger partial charge >= 0.3 is 0 Å². The molecular weight excluding hydrogens is 427 g/mol. The molecule has 1 atom stereocenters. The van der Waals surface area contributed by atoms with Gasteiger partial charge in [-0.2, -0.15) is 4.31 Å². The molecule has 1 aromatic carbocycles. The number of sulfonamides is 1. The largest absolute Gasteiger partial charge is 0.356 e. The first-order valence-corrected chi connectivity index (χ1v) is 11.7. The normalized spacial score (nSPS) is 16.9. The highest BCUT2D eigenvalue weighted by molar-refractivity contribution is 7.91. The number of amides is 1. The highest BCUT2D eigenvalue weighted by Crippen LogP contribution is 2.38. The van der Waals surface area contributed by atoms with E-state index in [1.165, 1.54) is 34.7 Å². The summed E-state index contributed by atoms with van der Waals surface area (Å²) in [6, 6.07) is 8.59. The van der Waals surface area contributed by atoms with E-state index < -0.39 is 16.1 Å². The smallest absolute Gasteiger partial charge is 0.253 e. The molecule has 30 heavy (non-hydrogen) atoms. The summed E-state index contributed by atoms with van der Waals surface area (Å²) in [7, 11) is -3.79. The van der Waals surface area contributed by atoms with Gasteiger partial charge in [-0.25, -0.2) is 17.8 Å². The van der Waals surface area contributed by atoms with Gasteiger partial charge in [0.1, 0.15) is 10.0 Å². The first-order chi connectivity index (χ1) is 14.4. The third-order valence-electron chi connectivity index (χ3n) is 5.01. The number of thiophene rings is 1. The minimum atomic E-state index is -3.79. The number of fused-ring (bicyclic) bond motifs is 1. The van der Waals surface area contributed by atoms with Gasteiger partial charge in [0.2, 0.25) is 5.91 Å². The van der Waals surface area contributed by atoms with Crippen molar-refractivity contribution in [3.63, 3.8) is 0 Å². The van der Waals surface area contributed by atoms with E-state index in [1.54, 1.807) is 30.6 Å². The maximum atomic E-state index is 13.5. The van der Waals surface area contributed by atoms with Gasteiger partial charge in [-0.15, -0.1) is 11.3 Å². The molecule has 158 valence electrons. The number of nitrogens with zero attached hydrogens (tertiary/aromatic N) is 2. The van der Waals surface area contributed by atoms with Crippen LogP contribution in [-0.2, 0) is 27.7 Å². The molecular formula is C20H21FN4O3S2. The fourth-order valence-corrected chi connectivity index (χ4v) is 6.66. The van der Waals surface area contributed by atoms with Crippen LogP contribution < -0.4 is 5.32 Å². The quantitative estimate of drug-likeness (QED) is 0.606. The van der Waals surface area contributed by atoms with Crippen LogP contribution in [0, 0.1) is 5.82 Å². The van der Waals surface area contributed by atoms with E-state index >= 15 is 0 Å². The number of halogens is 1. The first kappa shape index (κ1) is 20.7. The summed E-state index contributed by atoms with van der Waals surface area (Å²) in [5, 5.41) is 2.71. The van der Waals surface area contributed by atoms with Gasteiger partial charge in [0, 0.05) is 37.0 Å². The van der Waals surface area contributed by atoms with Crippen molar-refractivity contribution >= 4 is 27.3 Å². The van der Waals surface area contributed by atoms with Crippen LogP contribution >= 0.6 is 11.3 Å². The second-order valence-corrected chi connectivity index (χ2v) is 10.3. The molecule has 1 aliphatic rings. The Balaban J connectivity index is 1.66. The SMILES string of the molecule is CC(=O)NCCc1ccc(S(=O)(=O)N2CCc3[nH]cnc3C2c2ccc(F)cc2)s1. The standard InChI is InChI=1S/C20H21FN4O3S2/c1-13(26)22-10-8-16-6-7-18(29-16)30(27,28)25-11-9-17-19(24-12-23-17)20(25)14-2-4-15(21)5-3-14/h2-7,12,20H,8-11H2,1H3,(H,22,26)(H,23,24). The molecule has 1 aliphatic heterocycles. The molecule has 0 aliphatic carbocycles. The average molecular weight is 449 g/mol. The molecule has 0 bridgehead atoms. The lowest BCUT2D eigenvalue weighted by Gasteiger charge is -2.33. The number of hydrogen-bond donors (Lipinski definition) is 2. The van der Waals surface area contributed by atoms with Gasteiger partial charge in [0.25, 0.3) is 10.0 Å². The Morgan fingerprint density at radius 2 is 2.07 bits per heavy atom. The molecule has 0 saturated heterocycles. The topological polar surface area (TPSA) is 95.2 Å². The summed E-state index contributed by atoms with van der Waals surface area (Å²) < 4.78 is 42.2. The maximum Gasteiger partial charge on any atom is 0.253 e. The lowest BCUT2D eigenvalue weighted by atomic mass is 9.98. The predicted molar refractivity (Wildman–Crippen MR) is 111 cm³/mol. The van der Waals surface area contributed by atoms with Crippen LogP contribution in [0.25, 0.3) is 0 Å². The summed E-state index contributed by atoms with van der Waals surface area (Å²) >= 11 is 1.20. The second kappa shape index (κ2) is 8.29. The average Bonchev–Trinajstić information content (AvgIpc) is 3.37. The number of rotatable bonds is 6. The van der Waals surface area contributed by atoms with Crippen LogP contribution in [-0.4, -0.2) is 41.7 Å². The van der Waals surface area contributed by atoms with Crippen LogP contribution in [0.15, 0.2) is 46.9 Å². The highest BCUT2D eigenvalue weighted by atomic mass is 32.2. The van der Waals surface area contributed by atoms with Crippen molar-refractivity contribution in [2.24, 2.45) is 0 Å². The molecule has 4 rings (SSSR count). The minimum Gasteiger partial charge on any atom is -0.356 e. The van der Waals surface area contributed by atoms with Crippen molar-refractivity contribution in [3.05, 3.63) is 70.4 Å². The zero-order valence-corrected chi connectivity index (χ0v) is 17.9. The third-order valence-corrected chi connectivity index (χ3v) is 8.49. The van der Waals surface area contributed by atoms with Crippen molar-refractivity contribution in [2.45, 2.75) is 30.0 Å². The minimum absolute atomic E-state index is 0.121. The maximum absolute atomic E-state index is 13.5. The number of H-pyrrole nitrogens is 1. The van der Waals surface area contributed by atoms with Crippen molar-refractivity contribution in [2.75, 3.05) is 13.1 Å². The van der Waals surface area contributed by atoms with Gasteiger partial charge in [-0.3, -0.25) is 4.79 Å². The number of imidazole rings is 1. The molecule has 2 aromatic heterocycles. The Morgan fingerprint density at radius 3 is 2.80 bits per heavy atom. The lowest BCUT2D eigenvalue weighted by Crippen LogP contribution is -2.40. The van der Waals surface area contributed by atoms with Gasteiger partial charge in [-0.05, 0) is 36.2 Å². The Kier molecular flexibility index (Phi) is 5.72. The Labute approximate surface area is 178 Å². The predicted octanol–water partition coefficient (Wildman–Crippen LogP) is 2.63. The summed E-state index contributed by atoms with van der Waals surface area (Å²) in [5.74, 6) is -0.502. The Bertz CT molecular complexity index is 1150. The molecule has 0 radical (unpaired) electrons. The number of aromatic nitrogens is 2. The van der Waals surface area contributed by atoms with Crippen molar-refractivity contribution in [1.29, 1.82) is 0 Å². The lowest BCUT2D eigenvalue weighted by molar-refractivity contribution is -0.118. The van der Waals surface area contributed by atoms with Gasteiger partial charge < -0.3 is 10.3 Å². The van der Waals surface area contributed by atoms with E-state index in [9.17, 15) is 17.6 Å². The molecule has 3 heterocycles. The third kappa shape index (κ3) is 4.03. The van der Waals surface area contributed by atoms with E-state index in [4.69, 9.17) is 0 Å². The fourth-order valence-electron chi connectivity index (χ4n) is 3.59. The summed E-state index contributed by atoms with van der Waals surface area (Å²) in [5.41, 5.74) is 2.19. The van der Waals surface area contributed by atoms with Crippen molar-refractivity contribution < 1.29 is 17.6 Å². The zero-order chi connectivity index (χ0) is 21.3. The first-order valence-electron chi connectivity index (χ1n) is 9.49. The fraction of sp³-hybridized carbons (Fsp3) is 0.300. The van der Waals surface area contributed by atoms with E-state index in [2.05, 4.69) is 15.3 Å². The van der Waals surface area contributed by atoms with Crippen LogP contribution in [0.3, 0.4) is 0 Å². The van der Waals surface area contributed by atoms with E-state index in [-0.39, 0.29) is 15.9 Å². The Morgan fingerprint density at radius 1 is 1.30 bits per heavy atom. The summed E-state index contributed by atoms with van der Waals surface area (Å²) in [6.45, 7) is 2.19. The molecule has 1 unspecified atom stereocenters. The monoisotopic (exact) mass is 448 g/mol. The van der Waals surface area contributed by atoms with Crippen LogP contribution in [0.5, 0.6) is 0 Å². The summed E-state index contributed by atoms with van der Waals surface area (Å²) in [6.07, 6.45) is 2.64. The molecule has 0 saturated carbocycles. The molecule has 2 N–H and O–H groups in total. The zero-order valence-electron chi connectivity index (χ0n) is 16.3. The summed E-state index contributed by atoms with van der Waals surface area (Å²) in [4.78, 5) is 19.3. The van der Waals surface area contributed by atoms with Crippen LogP contribution in [0.1, 0.15) is 34.8 Å². The number of nitrogens with one attached hydrogen (secondary N) is 2. The van der Waals surface area contributed by atoms with Crippen LogP contribution in [0.2, 0.25) is 0 Å². The highest BCUT2D eigenvalue weighted by Gasteiger charge is 2.39. The Hall–Kier alpha value is -2.56. The van der Waals surface area contributed by atoms with Gasteiger partial charge in [0.05, 0.1) is 18.1 Å². The second-order valence-electron chi connectivity index (χ2n) is 7.04. The van der Waals surface area contributed by atoms with E-state index in [1.807, 2.05) is 0 Å². The molecule has 0 spiro atoms. The molecule has 3 aromatic rings. The van der Waals surface area contributed by atoms with Gasteiger partial charge in [0.15, 0.2) is 0 Å². The molecule has 0 fully saturated rings. The molecule has 10 heteroatoms. The number of carbonyl (C=O) groups is 1. The van der Waals surface area contributed by atoms with Crippen molar-refractivity contribution in [1.82, 2.24) is 19.6 Å². The van der Waals surface area contributed by atoms with Crippen LogP contribution in [0.4, 0.5) is 4.39 Å². The molecule has 1 amide bonds. The number of benzene rings is 1. The van der Waals surface area contributed by atoms with Crippen molar-refractivity contribution in [3.8, 4) is 0 Å². The number of aromatic amines is 1. The number of carbonyl (C=O) groups excluding carboxylic acids is 1. The molecule has 7 nitrogen and oxygen atoms in total. The van der Waals surface area contributed by atoms with E-state index in [0.29, 0.717) is 37.2 Å².